The first-order valence-corrected chi connectivity index (χ1v) is 7.82. The van der Waals surface area contributed by atoms with Gasteiger partial charge in [-0.25, -0.2) is 0 Å². The van der Waals surface area contributed by atoms with Gasteiger partial charge in [0.25, 0.3) is 0 Å². The second-order valence-corrected chi connectivity index (χ2v) is 6.13. The minimum Gasteiger partial charge on any atom is -0.497 e. The molecule has 4 nitrogen and oxygen atoms in total. The van der Waals surface area contributed by atoms with Crippen LogP contribution in [0.15, 0.2) is 41.3 Å². The zero-order chi connectivity index (χ0) is 15.4. The van der Waals surface area contributed by atoms with Crippen LogP contribution in [-0.4, -0.2) is 18.4 Å². The smallest absolute Gasteiger partial charge is 0.123 e. The van der Waals surface area contributed by atoms with Gasteiger partial charge in [-0.05, 0) is 31.2 Å². The van der Waals surface area contributed by atoms with Crippen molar-refractivity contribution in [2.75, 3.05) is 20.0 Å². The minimum absolute atomic E-state index is 0.349. The van der Waals surface area contributed by atoms with Gasteiger partial charge >= 0.3 is 0 Å². The molecule has 2 aromatic carbocycles. The van der Waals surface area contributed by atoms with Crippen LogP contribution in [0.1, 0.15) is 11.1 Å². The molecule has 0 radical (unpaired) electrons. The van der Waals surface area contributed by atoms with Crippen LogP contribution in [0.5, 0.6) is 11.5 Å². The van der Waals surface area contributed by atoms with E-state index in [-0.39, 0.29) is 0 Å². The number of nitrogens with two attached hydrogens (primary N) is 1. The van der Waals surface area contributed by atoms with Crippen molar-refractivity contribution in [2.45, 2.75) is 17.6 Å². The molecule has 5 heteroatoms. The highest BCUT2D eigenvalue weighted by Crippen LogP contribution is 2.27. The van der Waals surface area contributed by atoms with Gasteiger partial charge in [0.05, 0.1) is 35.7 Å². The molecule has 1 atom stereocenters. The van der Waals surface area contributed by atoms with Crippen molar-refractivity contribution in [2.24, 2.45) is 0 Å². The van der Waals surface area contributed by atoms with Gasteiger partial charge in [0.1, 0.15) is 11.5 Å². The van der Waals surface area contributed by atoms with Gasteiger partial charge in [0, 0.05) is 11.3 Å². The van der Waals surface area contributed by atoms with Gasteiger partial charge in [-0.2, -0.15) is 0 Å². The quantitative estimate of drug-likeness (QED) is 0.863. The summed E-state index contributed by atoms with van der Waals surface area (Å²) in [7, 11) is 1.92. The Morgan fingerprint density at radius 3 is 2.52 bits per heavy atom. The molecule has 0 saturated carbocycles. The third kappa shape index (κ3) is 3.55. The Morgan fingerprint density at radius 1 is 1.10 bits per heavy atom. The number of nitrogen functional groups attached to an aromatic ring is 1. The molecule has 2 N–H and O–H groups in total. The summed E-state index contributed by atoms with van der Waals surface area (Å²) >= 11 is 0. The summed E-state index contributed by atoms with van der Waals surface area (Å²) in [5.74, 6) is 1.72. The molecule has 0 aliphatic rings. The summed E-state index contributed by atoms with van der Waals surface area (Å²) in [5.41, 5.74) is 8.42. The van der Waals surface area contributed by atoms with E-state index in [0.717, 1.165) is 16.9 Å². The highest BCUT2D eigenvalue weighted by molar-refractivity contribution is 7.84. The summed E-state index contributed by atoms with van der Waals surface area (Å²) in [6.07, 6.45) is 0. The van der Waals surface area contributed by atoms with Crippen LogP contribution in [0, 0.1) is 6.92 Å². The normalized spacial score (nSPS) is 12.0. The number of hydrogen-bond donors (Lipinski definition) is 1. The molecule has 0 saturated heterocycles. The molecular weight excluding hydrogens is 286 g/mol. The van der Waals surface area contributed by atoms with Gasteiger partial charge in [-0.1, -0.05) is 17.7 Å². The van der Waals surface area contributed by atoms with Gasteiger partial charge in [-0.15, -0.1) is 0 Å². The zero-order valence-electron chi connectivity index (χ0n) is 12.4. The summed E-state index contributed by atoms with van der Waals surface area (Å²) in [6, 6.07) is 11.0. The molecule has 2 rings (SSSR count). The third-order valence-corrected chi connectivity index (χ3v) is 4.61. The Labute approximate surface area is 127 Å². The largest absolute Gasteiger partial charge is 0.497 e. The number of methoxy groups -OCH3 is 2. The van der Waals surface area contributed by atoms with Gasteiger partial charge in [-0.3, -0.25) is 4.21 Å². The van der Waals surface area contributed by atoms with E-state index >= 15 is 0 Å². The highest BCUT2D eigenvalue weighted by atomic mass is 32.2. The number of rotatable bonds is 5. The van der Waals surface area contributed by atoms with Crippen molar-refractivity contribution >= 4 is 16.5 Å². The van der Waals surface area contributed by atoms with Crippen molar-refractivity contribution in [1.29, 1.82) is 0 Å². The second-order valence-electron chi connectivity index (χ2n) is 4.71. The summed E-state index contributed by atoms with van der Waals surface area (Å²) in [6.45, 7) is 1.99. The molecule has 0 bridgehead atoms. The Kier molecular flexibility index (Phi) is 4.85. The topological polar surface area (TPSA) is 61.5 Å². The molecule has 112 valence electrons. The number of aryl methyl sites for hydroxylation is 1. The molecule has 0 amide bonds. The molecule has 1 unspecified atom stereocenters. The number of benzene rings is 2. The van der Waals surface area contributed by atoms with Crippen molar-refractivity contribution in [3.63, 3.8) is 0 Å². The average Bonchev–Trinajstić information content (AvgIpc) is 2.48. The summed E-state index contributed by atoms with van der Waals surface area (Å²) in [5, 5.41) is 0. The van der Waals surface area contributed by atoms with E-state index in [1.54, 1.807) is 32.4 Å². The van der Waals surface area contributed by atoms with E-state index in [0.29, 0.717) is 22.1 Å². The van der Waals surface area contributed by atoms with Crippen molar-refractivity contribution in [3.05, 3.63) is 47.5 Å². The van der Waals surface area contributed by atoms with E-state index in [9.17, 15) is 4.21 Å². The Balaban J connectivity index is 2.32. The SMILES string of the molecule is COc1ccc(N)c(S(=O)Cc2cc(C)ccc2OC)c1. The molecular formula is C16H19NO3S. The van der Waals surface area contributed by atoms with Crippen LogP contribution in [0.2, 0.25) is 0 Å². The van der Waals surface area contributed by atoms with E-state index in [2.05, 4.69) is 0 Å². The third-order valence-electron chi connectivity index (χ3n) is 3.19. The van der Waals surface area contributed by atoms with Gasteiger partial charge < -0.3 is 15.2 Å². The molecule has 0 aliphatic heterocycles. The van der Waals surface area contributed by atoms with Crippen molar-refractivity contribution in [3.8, 4) is 11.5 Å². The fourth-order valence-corrected chi connectivity index (χ4v) is 3.32. The van der Waals surface area contributed by atoms with Gasteiger partial charge in [0.15, 0.2) is 0 Å². The molecule has 0 spiro atoms. The lowest BCUT2D eigenvalue weighted by molar-refractivity contribution is 0.411. The van der Waals surface area contributed by atoms with Crippen LogP contribution in [0.3, 0.4) is 0 Å². The number of ether oxygens (including phenoxy) is 2. The fourth-order valence-electron chi connectivity index (χ4n) is 2.08. The van der Waals surface area contributed by atoms with Crippen molar-refractivity contribution < 1.29 is 13.7 Å². The van der Waals surface area contributed by atoms with E-state index < -0.39 is 10.8 Å². The Bertz CT molecular complexity index is 671. The zero-order valence-corrected chi connectivity index (χ0v) is 13.2. The molecule has 0 aromatic heterocycles. The van der Waals surface area contributed by atoms with Crippen LogP contribution < -0.4 is 15.2 Å². The van der Waals surface area contributed by atoms with Crippen molar-refractivity contribution in [1.82, 2.24) is 0 Å². The molecule has 21 heavy (non-hydrogen) atoms. The highest BCUT2D eigenvalue weighted by Gasteiger charge is 2.13. The van der Waals surface area contributed by atoms with Crippen LogP contribution >= 0.6 is 0 Å². The lowest BCUT2D eigenvalue weighted by atomic mass is 10.1. The van der Waals surface area contributed by atoms with Crippen LogP contribution in [0.4, 0.5) is 5.69 Å². The summed E-state index contributed by atoms with van der Waals surface area (Å²) < 4.78 is 23.1. The predicted molar refractivity (Wildman–Crippen MR) is 85.2 cm³/mol. The Morgan fingerprint density at radius 2 is 1.86 bits per heavy atom. The molecule has 2 aromatic rings. The minimum atomic E-state index is -1.26. The lowest BCUT2D eigenvalue weighted by Gasteiger charge is -2.11. The lowest BCUT2D eigenvalue weighted by Crippen LogP contribution is -2.03. The Hall–Kier alpha value is -2.01. The van der Waals surface area contributed by atoms with Crippen LogP contribution in [-0.2, 0) is 16.6 Å². The van der Waals surface area contributed by atoms with Crippen LogP contribution in [0.25, 0.3) is 0 Å². The second kappa shape index (κ2) is 6.63. The molecule has 0 heterocycles. The first-order chi connectivity index (χ1) is 10.0. The molecule has 0 fully saturated rings. The number of hydrogen-bond acceptors (Lipinski definition) is 4. The predicted octanol–water partition coefficient (Wildman–Crippen LogP) is 2.90. The first kappa shape index (κ1) is 15.4. The van der Waals surface area contributed by atoms with E-state index in [4.69, 9.17) is 15.2 Å². The maximum Gasteiger partial charge on any atom is 0.123 e. The standard InChI is InChI=1S/C16H19NO3S/c1-11-4-7-15(20-3)12(8-11)10-21(18)16-9-13(19-2)5-6-14(16)17/h4-9H,10,17H2,1-3H3. The molecule has 0 aliphatic carbocycles. The monoisotopic (exact) mass is 305 g/mol. The van der Waals surface area contributed by atoms with E-state index in [1.807, 2.05) is 25.1 Å². The van der Waals surface area contributed by atoms with E-state index in [1.165, 1.54) is 0 Å². The fraction of sp³-hybridized carbons (Fsp3) is 0.250. The maximum atomic E-state index is 12.6. The first-order valence-electron chi connectivity index (χ1n) is 6.50. The number of anilines is 1. The average molecular weight is 305 g/mol. The maximum absolute atomic E-state index is 12.6. The van der Waals surface area contributed by atoms with Gasteiger partial charge in [0.2, 0.25) is 0 Å². The summed E-state index contributed by atoms with van der Waals surface area (Å²) in [4.78, 5) is 0.581.